The van der Waals surface area contributed by atoms with E-state index in [1.165, 1.54) is 5.52 Å². The van der Waals surface area contributed by atoms with Gasteiger partial charge in [-0.3, -0.25) is 4.90 Å². The number of piperazine rings is 1. The smallest absolute Gasteiger partial charge is 0.206 e. The molecule has 3 rings (SSSR count). The average molecular weight is 273 g/mol. The van der Waals surface area contributed by atoms with Crippen LogP contribution in [0.25, 0.3) is 11.0 Å². The fourth-order valence-electron chi connectivity index (χ4n) is 2.97. The molecule has 1 fully saturated rings. The summed E-state index contributed by atoms with van der Waals surface area (Å²) in [5, 5.41) is 0. The fraction of sp³-hybridized carbons (Fsp3) is 0.533. The Labute approximate surface area is 120 Å². The van der Waals surface area contributed by atoms with E-state index in [1.807, 2.05) is 0 Å². The van der Waals surface area contributed by atoms with Crippen LogP contribution in [0.5, 0.6) is 0 Å². The molecule has 0 saturated carbocycles. The lowest BCUT2D eigenvalue weighted by molar-refractivity contribution is 0.263. The topological polar surface area (TPSA) is 50.3 Å². The van der Waals surface area contributed by atoms with Crippen LogP contribution in [0.2, 0.25) is 0 Å². The summed E-state index contributed by atoms with van der Waals surface area (Å²) < 4.78 is 2.31. The van der Waals surface area contributed by atoms with E-state index in [9.17, 15) is 0 Å². The number of imidazole rings is 1. The number of fused-ring (bicyclic) bond motifs is 1. The van der Waals surface area contributed by atoms with Crippen molar-refractivity contribution in [2.45, 2.75) is 13.5 Å². The highest BCUT2D eigenvalue weighted by atomic mass is 15.4. The van der Waals surface area contributed by atoms with Gasteiger partial charge in [-0.1, -0.05) is 12.1 Å². The Morgan fingerprint density at radius 1 is 1.15 bits per heavy atom. The second-order valence-corrected chi connectivity index (χ2v) is 5.26. The minimum atomic E-state index is 0.744. The quantitative estimate of drug-likeness (QED) is 0.907. The molecule has 0 atom stereocenters. The molecule has 0 aliphatic carbocycles. The minimum absolute atomic E-state index is 0.744. The number of nitrogens with two attached hydrogens (primary N) is 1. The van der Waals surface area contributed by atoms with Gasteiger partial charge in [-0.05, 0) is 19.1 Å². The van der Waals surface area contributed by atoms with Crippen LogP contribution >= 0.6 is 0 Å². The molecule has 1 aliphatic heterocycles. The van der Waals surface area contributed by atoms with Gasteiger partial charge in [0, 0.05) is 45.8 Å². The minimum Gasteiger partial charge on any atom is -0.340 e. The SMILES string of the molecule is CCn1c(N2CCN(CCN)CC2)nc2ccccc21. The highest BCUT2D eigenvalue weighted by molar-refractivity contribution is 5.78. The van der Waals surface area contributed by atoms with E-state index in [-0.39, 0.29) is 0 Å². The molecule has 0 spiro atoms. The zero-order valence-corrected chi connectivity index (χ0v) is 12.1. The first-order valence-corrected chi connectivity index (χ1v) is 7.46. The zero-order valence-electron chi connectivity index (χ0n) is 12.1. The molecule has 2 aromatic rings. The molecule has 1 aromatic heterocycles. The van der Waals surface area contributed by atoms with E-state index in [0.717, 1.165) is 57.3 Å². The third kappa shape index (κ3) is 2.39. The molecule has 1 saturated heterocycles. The highest BCUT2D eigenvalue weighted by Crippen LogP contribution is 2.23. The van der Waals surface area contributed by atoms with Crippen molar-refractivity contribution in [3.63, 3.8) is 0 Å². The van der Waals surface area contributed by atoms with E-state index in [1.54, 1.807) is 0 Å². The molecule has 1 aliphatic rings. The molecule has 0 bridgehead atoms. The van der Waals surface area contributed by atoms with Gasteiger partial charge in [0.1, 0.15) is 0 Å². The Hall–Kier alpha value is -1.59. The number of hydrogen-bond donors (Lipinski definition) is 1. The lowest BCUT2D eigenvalue weighted by Gasteiger charge is -2.35. The predicted molar refractivity (Wildman–Crippen MR) is 83.1 cm³/mol. The Kier molecular flexibility index (Phi) is 3.89. The average Bonchev–Trinajstić information content (AvgIpc) is 2.87. The summed E-state index contributed by atoms with van der Waals surface area (Å²) in [5.41, 5.74) is 7.95. The normalized spacial score (nSPS) is 17.0. The van der Waals surface area contributed by atoms with Crippen molar-refractivity contribution in [1.82, 2.24) is 14.5 Å². The third-order valence-corrected chi connectivity index (χ3v) is 4.05. The summed E-state index contributed by atoms with van der Waals surface area (Å²) >= 11 is 0. The van der Waals surface area contributed by atoms with Gasteiger partial charge in [-0.2, -0.15) is 0 Å². The molecule has 2 N–H and O–H groups in total. The largest absolute Gasteiger partial charge is 0.340 e. The van der Waals surface area contributed by atoms with Gasteiger partial charge in [-0.15, -0.1) is 0 Å². The van der Waals surface area contributed by atoms with Gasteiger partial charge < -0.3 is 15.2 Å². The number of hydrogen-bond acceptors (Lipinski definition) is 4. The van der Waals surface area contributed by atoms with Crippen LogP contribution in [-0.4, -0.2) is 53.7 Å². The molecule has 108 valence electrons. The first-order valence-electron chi connectivity index (χ1n) is 7.46. The summed E-state index contributed by atoms with van der Waals surface area (Å²) in [7, 11) is 0. The molecular weight excluding hydrogens is 250 g/mol. The summed E-state index contributed by atoms with van der Waals surface area (Å²) in [6.45, 7) is 9.09. The van der Waals surface area contributed by atoms with Crippen molar-refractivity contribution in [3.05, 3.63) is 24.3 Å². The molecule has 0 amide bonds. The Morgan fingerprint density at radius 3 is 2.60 bits per heavy atom. The number of para-hydroxylation sites is 2. The van der Waals surface area contributed by atoms with Crippen molar-refractivity contribution in [2.75, 3.05) is 44.2 Å². The van der Waals surface area contributed by atoms with Crippen molar-refractivity contribution in [3.8, 4) is 0 Å². The number of nitrogens with zero attached hydrogens (tertiary/aromatic N) is 4. The van der Waals surface area contributed by atoms with Crippen molar-refractivity contribution < 1.29 is 0 Å². The second-order valence-electron chi connectivity index (χ2n) is 5.26. The number of anilines is 1. The van der Waals surface area contributed by atoms with Crippen LogP contribution in [0.4, 0.5) is 5.95 Å². The molecule has 20 heavy (non-hydrogen) atoms. The van der Waals surface area contributed by atoms with Crippen LogP contribution in [-0.2, 0) is 6.54 Å². The molecule has 0 radical (unpaired) electrons. The van der Waals surface area contributed by atoms with Gasteiger partial charge in [0.05, 0.1) is 11.0 Å². The predicted octanol–water partition coefficient (Wildman–Crippen LogP) is 1.14. The third-order valence-electron chi connectivity index (χ3n) is 4.05. The second kappa shape index (κ2) is 5.81. The summed E-state index contributed by atoms with van der Waals surface area (Å²) in [5.74, 6) is 1.11. The van der Waals surface area contributed by atoms with Crippen LogP contribution in [0, 0.1) is 0 Å². The van der Waals surface area contributed by atoms with Crippen molar-refractivity contribution in [1.29, 1.82) is 0 Å². The number of benzene rings is 1. The monoisotopic (exact) mass is 273 g/mol. The Morgan fingerprint density at radius 2 is 1.90 bits per heavy atom. The van der Waals surface area contributed by atoms with Crippen molar-refractivity contribution >= 4 is 17.0 Å². The van der Waals surface area contributed by atoms with Gasteiger partial charge >= 0.3 is 0 Å². The number of aromatic nitrogens is 2. The van der Waals surface area contributed by atoms with Gasteiger partial charge in [-0.25, -0.2) is 4.98 Å². The van der Waals surface area contributed by atoms with Crippen LogP contribution in [0.3, 0.4) is 0 Å². The van der Waals surface area contributed by atoms with Crippen LogP contribution < -0.4 is 10.6 Å². The lowest BCUT2D eigenvalue weighted by Crippen LogP contribution is -2.48. The Balaban J connectivity index is 1.84. The van der Waals surface area contributed by atoms with Crippen molar-refractivity contribution in [2.24, 2.45) is 5.73 Å². The van der Waals surface area contributed by atoms with E-state index >= 15 is 0 Å². The fourth-order valence-corrected chi connectivity index (χ4v) is 2.97. The zero-order chi connectivity index (χ0) is 13.9. The van der Waals surface area contributed by atoms with E-state index < -0.39 is 0 Å². The maximum atomic E-state index is 5.63. The van der Waals surface area contributed by atoms with Gasteiger partial charge in [0.2, 0.25) is 5.95 Å². The highest BCUT2D eigenvalue weighted by Gasteiger charge is 2.21. The number of rotatable bonds is 4. The first kappa shape index (κ1) is 13.4. The summed E-state index contributed by atoms with van der Waals surface area (Å²) in [4.78, 5) is 9.65. The molecule has 2 heterocycles. The number of aryl methyl sites for hydroxylation is 1. The summed E-state index contributed by atoms with van der Waals surface area (Å²) in [6.07, 6.45) is 0. The lowest BCUT2D eigenvalue weighted by atomic mass is 10.3. The summed E-state index contributed by atoms with van der Waals surface area (Å²) in [6, 6.07) is 8.38. The van der Waals surface area contributed by atoms with Gasteiger partial charge in [0.15, 0.2) is 0 Å². The maximum absolute atomic E-state index is 5.63. The first-order chi connectivity index (χ1) is 9.83. The van der Waals surface area contributed by atoms with E-state index in [2.05, 4.69) is 45.6 Å². The molecular formula is C15H23N5. The van der Waals surface area contributed by atoms with E-state index in [0.29, 0.717) is 0 Å². The maximum Gasteiger partial charge on any atom is 0.206 e. The molecule has 5 nitrogen and oxygen atoms in total. The van der Waals surface area contributed by atoms with Crippen LogP contribution in [0.15, 0.2) is 24.3 Å². The molecule has 0 unspecified atom stereocenters. The standard InChI is InChI=1S/C15H23N5/c1-2-20-14-6-4-3-5-13(14)17-15(20)19-11-9-18(8-7-16)10-12-19/h3-6H,2,7-12,16H2,1H3. The van der Waals surface area contributed by atoms with Crippen LogP contribution in [0.1, 0.15) is 6.92 Å². The van der Waals surface area contributed by atoms with E-state index in [4.69, 9.17) is 10.7 Å². The van der Waals surface area contributed by atoms with Gasteiger partial charge in [0.25, 0.3) is 0 Å². The Bertz CT molecular complexity index is 569. The molecule has 5 heteroatoms. The molecule has 1 aromatic carbocycles.